The fraction of sp³-hybridized carbons (Fsp3) is 1.00. The van der Waals surface area contributed by atoms with E-state index in [2.05, 4.69) is 4.72 Å². The summed E-state index contributed by atoms with van der Waals surface area (Å²) in [5, 5.41) is 11.0. The highest BCUT2D eigenvalue weighted by atomic mass is 32.2. The predicted octanol–water partition coefficient (Wildman–Crippen LogP) is 0.136. The third kappa shape index (κ3) is 14.7. The number of nitrogens with zero attached hydrogens (tertiary/aromatic N) is 1. The highest BCUT2D eigenvalue weighted by Gasteiger charge is 2.03. The first-order valence-corrected chi connectivity index (χ1v) is 5.58. The second-order valence-electron chi connectivity index (χ2n) is 3.32. The Bertz CT molecular complexity index is 218. The molecule has 0 aromatic carbocycles. The number of hydrogen-bond acceptors (Lipinski definition) is 3. The molecule has 0 bridgehead atoms. The number of hydrogen-bond donors (Lipinski definition) is 1. The van der Waals surface area contributed by atoms with Gasteiger partial charge in [-0.25, -0.2) is 13.1 Å². The SMILES string of the molecule is C.C[N+](C)([O-])CCCNS(C)(=O)=O. The van der Waals surface area contributed by atoms with Gasteiger partial charge < -0.3 is 9.85 Å². The summed E-state index contributed by atoms with van der Waals surface area (Å²) < 4.78 is 23.1. The molecule has 0 saturated heterocycles. The first-order valence-electron chi connectivity index (χ1n) is 3.69. The minimum Gasteiger partial charge on any atom is -0.633 e. The van der Waals surface area contributed by atoms with Crippen LogP contribution < -0.4 is 4.72 Å². The summed E-state index contributed by atoms with van der Waals surface area (Å²) in [4.78, 5) is 0. The van der Waals surface area contributed by atoms with Crippen molar-refractivity contribution >= 4 is 10.0 Å². The van der Waals surface area contributed by atoms with Gasteiger partial charge in [0, 0.05) is 13.0 Å². The molecule has 0 spiro atoms. The van der Waals surface area contributed by atoms with E-state index in [1.54, 1.807) is 0 Å². The maximum Gasteiger partial charge on any atom is 0.208 e. The fourth-order valence-electron chi connectivity index (χ4n) is 0.717. The van der Waals surface area contributed by atoms with Gasteiger partial charge in [0.2, 0.25) is 10.0 Å². The van der Waals surface area contributed by atoms with Crippen LogP contribution in [0.5, 0.6) is 0 Å². The molecule has 0 atom stereocenters. The Morgan fingerprint density at radius 1 is 1.38 bits per heavy atom. The minimum atomic E-state index is -3.10. The van der Waals surface area contributed by atoms with Crippen molar-refractivity contribution in [3.63, 3.8) is 0 Å². The third-order valence-corrected chi connectivity index (χ3v) is 1.97. The Morgan fingerprint density at radius 2 is 1.85 bits per heavy atom. The van der Waals surface area contributed by atoms with Crippen LogP contribution in [-0.4, -0.2) is 46.5 Å². The van der Waals surface area contributed by atoms with Crippen LogP contribution in [0.1, 0.15) is 13.8 Å². The number of rotatable bonds is 5. The molecular formula is C7H20N2O3S. The smallest absolute Gasteiger partial charge is 0.208 e. The maximum atomic E-state index is 11.0. The summed E-state index contributed by atoms with van der Waals surface area (Å²) in [5.74, 6) is 0. The van der Waals surface area contributed by atoms with Gasteiger partial charge >= 0.3 is 0 Å². The molecule has 0 aliphatic carbocycles. The molecule has 6 heteroatoms. The van der Waals surface area contributed by atoms with E-state index < -0.39 is 10.0 Å². The quantitative estimate of drug-likeness (QED) is 0.400. The molecule has 1 N–H and O–H groups in total. The van der Waals surface area contributed by atoms with Gasteiger partial charge in [0.05, 0.1) is 26.9 Å². The van der Waals surface area contributed by atoms with Gasteiger partial charge in [-0.05, 0) is 0 Å². The van der Waals surface area contributed by atoms with E-state index in [9.17, 15) is 13.6 Å². The fourth-order valence-corrected chi connectivity index (χ4v) is 1.23. The molecule has 0 rings (SSSR count). The molecule has 0 aliphatic rings. The van der Waals surface area contributed by atoms with Gasteiger partial charge in [0.1, 0.15) is 0 Å². The Hall–Kier alpha value is -0.170. The van der Waals surface area contributed by atoms with E-state index in [1.165, 1.54) is 14.1 Å². The molecule has 0 aromatic rings. The highest BCUT2D eigenvalue weighted by Crippen LogP contribution is 1.93. The monoisotopic (exact) mass is 212 g/mol. The molecule has 0 radical (unpaired) electrons. The molecular weight excluding hydrogens is 192 g/mol. The van der Waals surface area contributed by atoms with Crippen molar-refractivity contribution < 1.29 is 13.1 Å². The van der Waals surface area contributed by atoms with Crippen molar-refractivity contribution in [1.82, 2.24) is 4.72 Å². The molecule has 0 aliphatic heterocycles. The second-order valence-corrected chi connectivity index (χ2v) is 5.15. The van der Waals surface area contributed by atoms with Crippen molar-refractivity contribution in [2.75, 3.05) is 33.4 Å². The lowest BCUT2D eigenvalue weighted by atomic mass is 10.4. The van der Waals surface area contributed by atoms with E-state index in [0.29, 0.717) is 19.5 Å². The molecule has 82 valence electrons. The van der Waals surface area contributed by atoms with Gasteiger partial charge in [0.25, 0.3) is 0 Å². The number of hydroxylamine groups is 3. The van der Waals surface area contributed by atoms with Crippen LogP contribution in [-0.2, 0) is 10.0 Å². The van der Waals surface area contributed by atoms with E-state index in [-0.39, 0.29) is 12.1 Å². The number of sulfonamides is 1. The van der Waals surface area contributed by atoms with Crippen molar-refractivity contribution in [3.8, 4) is 0 Å². The zero-order chi connectivity index (χ0) is 9.83. The van der Waals surface area contributed by atoms with Crippen LogP contribution in [0, 0.1) is 5.21 Å². The summed E-state index contributed by atoms with van der Waals surface area (Å²) in [6.07, 6.45) is 1.66. The van der Waals surface area contributed by atoms with Crippen molar-refractivity contribution in [1.29, 1.82) is 0 Å². The standard InChI is InChI=1S/C6H16N2O3S.CH4/c1-8(2,9)6-4-5-7-12(3,10)11;/h7H,4-6H2,1-3H3;1H4. The lowest BCUT2D eigenvalue weighted by Crippen LogP contribution is -2.35. The largest absolute Gasteiger partial charge is 0.633 e. The summed E-state index contributed by atoms with van der Waals surface area (Å²) in [7, 11) is -0.0444. The Labute approximate surface area is 81.0 Å². The molecule has 0 heterocycles. The summed E-state index contributed by atoms with van der Waals surface area (Å²) in [6, 6.07) is 0. The number of quaternary nitrogens is 1. The normalized spacial score (nSPS) is 12.3. The van der Waals surface area contributed by atoms with E-state index in [1.807, 2.05) is 0 Å². The summed E-state index contributed by atoms with van der Waals surface area (Å²) in [5.41, 5.74) is 0. The van der Waals surface area contributed by atoms with Crippen LogP contribution >= 0.6 is 0 Å². The van der Waals surface area contributed by atoms with E-state index in [0.717, 1.165) is 6.26 Å². The van der Waals surface area contributed by atoms with Crippen LogP contribution in [0.15, 0.2) is 0 Å². The molecule has 0 amide bonds. The molecule has 0 aromatic heterocycles. The van der Waals surface area contributed by atoms with Gasteiger partial charge in [-0.3, -0.25) is 0 Å². The lowest BCUT2D eigenvalue weighted by Gasteiger charge is -2.33. The average Bonchev–Trinajstić information content (AvgIpc) is 1.76. The Morgan fingerprint density at radius 3 is 2.15 bits per heavy atom. The average molecular weight is 212 g/mol. The molecule has 13 heavy (non-hydrogen) atoms. The zero-order valence-electron chi connectivity index (χ0n) is 7.70. The molecule has 0 saturated carbocycles. The van der Waals surface area contributed by atoms with Gasteiger partial charge in [-0.2, -0.15) is 0 Å². The first kappa shape index (κ1) is 15.3. The van der Waals surface area contributed by atoms with Gasteiger partial charge in [-0.15, -0.1) is 0 Å². The molecule has 0 fully saturated rings. The first-order chi connectivity index (χ1) is 5.21. The van der Waals surface area contributed by atoms with Crippen LogP contribution in [0.4, 0.5) is 0 Å². The molecule has 5 nitrogen and oxygen atoms in total. The maximum absolute atomic E-state index is 11.0. The van der Waals surface area contributed by atoms with E-state index >= 15 is 0 Å². The topological polar surface area (TPSA) is 69.2 Å². The van der Waals surface area contributed by atoms with Crippen LogP contribution in [0.25, 0.3) is 0 Å². The third-order valence-electron chi connectivity index (χ3n) is 1.24. The second kappa shape index (κ2) is 5.54. The predicted molar refractivity (Wildman–Crippen MR) is 54.5 cm³/mol. The van der Waals surface area contributed by atoms with Crippen LogP contribution in [0.2, 0.25) is 0 Å². The molecule has 0 unspecified atom stereocenters. The summed E-state index contributed by atoms with van der Waals surface area (Å²) in [6.45, 7) is 0.755. The Balaban J connectivity index is 0. The minimum absolute atomic E-state index is 0. The van der Waals surface area contributed by atoms with E-state index in [4.69, 9.17) is 0 Å². The lowest BCUT2D eigenvalue weighted by molar-refractivity contribution is -0.840. The highest BCUT2D eigenvalue weighted by molar-refractivity contribution is 7.88. The van der Waals surface area contributed by atoms with Crippen molar-refractivity contribution in [2.45, 2.75) is 13.8 Å². The Kier molecular flexibility index (Phi) is 6.52. The van der Waals surface area contributed by atoms with Crippen molar-refractivity contribution in [3.05, 3.63) is 5.21 Å². The summed E-state index contributed by atoms with van der Waals surface area (Å²) >= 11 is 0. The van der Waals surface area contributed by atoms with Crippen LogP contribution in [0.3, 0.4) is 0 Å². The number of nitrogens with one attached hydrogen (secondary N) is 1. The van der Waals surface area contributed by atoms with Crippen molar-refractivity contribution in [2.24, 2.45) is 0 Å². The zero-order valence-corrected chi connectivity index (χ0v) is 8.52. The van der Waals surface area contributed by atoms with Gasteiger partial charge in [0.15, 0.2) is 0 Å². The van der Waals surface area contributed by atoms with Gasteiger partial charge in [-0.1, -0.05) is 7.43 Å².